The van der Waals surface area contributed by atoms with Crippen LogP contribution in [0.3, 0.4) is 0 Å². The molecule has 158 valence electrons. The van der Waals surface area contributed by atoms with Crippen molar-refractivity contribution in [2.24, 2.45) is 11.7 Å². The van der Waals surface area contributed by atoms with Gasteiger partial charge in [-0.1, -0.05) is 56.3 Å². The molecule has 2 aromatic carbocycles. The van der Waals surface area contributed by atoms with Crippen molar-refractivity contribution in [3.05, 3.63) is 64.5 Å². The molecule has 1 aromatic heterocycles. The van der Waals surface area contributed by atoms with Crippen molar-refractivity contribution in [2.75, 3.05) is 6.54 Å². The standard InChI is InChI=1S/C24H25N5OS/c1-15(2)11-20(23(30)28-10-9-25)18-7-3-5-16(12-18)17-6-4-8-19(13-17)21-14-31-24(29-21)22(26)27/h3-8,12-15,20H,10-11H2,1-2H3,(H3,26,27)(H,28,30). The lowest BCUT2D eigenvalue weighted by atomic mass is 9.87. The zero-order valence-corrected chi connectivity index (χ0v) is 18.4. The van der Waals surface area contributed by atoms with Gasteiger partial charge in [-0.15, -0.1) is 11.3 Å². The highest BCUT2D eigenvalue weighted by atomic mass is 32.1. The molecule has 1 atom stereocenters. The smallest absolute Gasteiger partial charge is 0.228 e. The molecule has 1 heterocycles. The van der Waals surface area contributed by atoms with Crippen LogP contribution >= 0.6 is 11.3 Å². The van der Waals surface area contributed by atoms with Gasteiger partial charge in [-0.2, -0.15) is 5.26 Å². The van der Waals surface area contributed by atoms with Crippen LogP contribution in [0.1, 0.15) is 36.8 Å². The molecule has 0 aliphatic carbocycles. The van der Waals surface area contributed by atoms with Crippen molar-refractivity contribution in [2.45, 2.75) is 26.2 Å². The fourth-order valence-corrected chi connectivity index (χ4v) is 4.13. The number of nitrogens with zero attached hydrogens (tertiary/aromatic N) is 2. The second-order valence-electron chi connectivity index (χ2n) is 7.72. The molecule has 31 heavy (non-hydrogen) atoms. The second-order valence-corrected chi connectivity index (χ2v) is 8.57. The van der Waals surface area contributed by atoms with E-state index in [4.69, 9.17) is 16.4 Å². The van der Waals surface area contributed by atoms with E-state index in [1.165, 1.54) is 11.3 Å². The van der Waals surface area contributed by atoms with E-state index in [1.807, 2.05) is 60.0 Å². The molecule has 0 fully saturated rings. The fraction of sp³-hybridized carbons (Fsp3) is 0.250. The maximum atomic E-state index is 12.7. The summed E-state index contributed by atoms with van der Waals surface area (Å²) in [5.74, 6) is -0.135. The van der Waals surface area contributed by atoms with Gasteiger partial charge in [-0.3, -0.25) is 10.2 Å². The molecule has 0 radical (unpaired) electrons. The summed E-state index contributed by atoms with van der Waals surface area (Å²) in [6, 6.07) is 18.0. The predicted octanol–water partition coefficient (Wildman–Crippen LogP) is 4.53. The third-order valence-electron chi connectivity index (χ3n) is 4.88. The number of nitrogens with two attached hydrogens (primary N) is 1. The average Bonchev–Trinajstić information content (AvgIpc) is 3.27. The minimum absolute atomic E-state index is 0.00502. The summed E-state index contributed by atoms with van der Waals surface area (Å²) in [5.41, 5.74) is 10.2. The first kappa shape index (κ1) is 22.2. The van der Waals surface area contributed by atoms with Crippen LogP contribution in [0.5, 0.6) is 0 Å². The van der Waals surface area contributed by atoms with Crippen molar-refractivity contribution in [3.8, 4) is 28.5 Å². The first-order valence-electron chi connectivity index (χ1n) is 10.0. The molecule has 3 rings (SSSR count). The Morgan fingerprint density at radius 3 is 2.52 bits per heavy atom. The van der Waals surface area contributed by atoms with Crippen molar-refractivity contribution in [1.29, 1.82) is 10.7 Å². The number of carbonyl (C=O) groups excluding carboxylic acids is 1. The van der Waals surface area contributed by atoms with E-state index < -0.39 is 0 Å². The lowest BCUT2D eigenvalue weighted by Gasteiger charge is -2.19. The number of amidine groups is 1. The Kier molecular flexibility index (Phi) is 7.16. The summed E-state index contributed by atoms with van der Waals surface area (Å²) in [6.45, 7) is 4.17. The van der Waals surface area contributed by atoms with Gasteiger partial charge in [0.2, 0.25) is 5.91 Å². The van der Waals surface area contributed by atoms with Crippen LogP contribution < -0.4 is 11.1 Å². The topological polar surface area (TPSA) is 116 Å². The fourth-order valence-electron chi connectivity index (χ4n) is 3.44. The quantitative estimate of drug-likeness (QED) is 0.276. The third-order valence-corrected chi connectivity index (χ3v) is 5.76. The monoisotopic (exact) mass is 431 g/mol. The van der Waals surface area contributed by atoms with Crippen molar-refractivity contribution < 1.29 is 4.79 Å². The van der Waals surface area contributed by atoms with Gasteiger partial charge in [0, 0.05) is 10.9 Å². The first-order valence-corrected chi connectivity index (χ1v) is 10.9. The van der Waals surface area contributed by atoms with Gasteiger partial charge in [0.05, 0.1) is 17.7 Å². The molecule has 0 bridgehead atoms. The Bertz CT molecular complexity index is 1130. The maximum Gasteiger partial charge on any atom is 0.228 e. The summed E-state index contributed by atoms with van der Waals surface area (Å²) in [5, 5.41) is 21.5. The van der Waals surface area contributed by atoms with Gasteiger partial charge in [0.1, 0.15) is 6.54 Å². The number of nitrogens with one attached hydrogen (secondary N) is 2. The van der Waals surface area contributed by atoms with E-state index in [1.54, 1.807) is 0 Å². The van der Waals surface area contributed by atoms with Crippen LogP contribution in [-0.2, 0) is 4.79 Å². The number of benzene rings is 2. The zero-order valence-electron chi connectivity index (χ0n) is 17.6. The molecule has 7 heteroatoms. The number of rotatable bonds is 8. The molecular formula is C24H25N5OS. The van der Waals surface area contributed by atoms with Crippen LogP contribution in [0, 0.1) is 22.7 Å². The molecule has 0 saturated carbocycles. The second kappa shape index (κ2) is 10.0. The minimum Gasteiger partial charge on any atom is -0.382 e. The molecule has 4 N–H and O–H groups in total. The van der Waals surface area contributed by atoms with Gasteiger partial charge in [-0.25, -0.2) is 4.98 Å². The van der Waals surface area contributed by atoms with E-state index >= 15 is 0 Å². The van der Waals surface area contributed by atoms with Crippen LogP contribution in [0.2, 0.25) is 0 Å². The highest BCUT2D eigenvalue weighted by molar-refractivity contribution is 7.12. The van der Waals surface area contributed by atoms with Gasteiger partial charge in [-0.05, 0) is 35.1 Å². The number of nitriles is 1. The van der Waals surface area contributed by atoms with E-state index in [0.29, 0.717) is 17.3 Å². The van der Waals surface area contributed by atoms with Crippen LogP contribution in [0.4, 0.5) is 0 Å². The van der Waals surface area contributed by atoms with E-state index in [-0.39, 0.29) is 24.2 Å². The number of nitrogen functional groups attached to an aromatic ring is 1. The molecule has 3 aromatic rings. The molecule has 0 saturated heterocycles. The molecule has 0 spiro atoms. The number of carbonyl (C=O) groups is 1. The maximum absolute atomic E-state index is 12.7. The Morgan fingerprint density at radius 1 is 1.19 bits per heavy atom. The number of hydrogen-bond donors (Lipinski definition) is 3. The summed E-state index contributed by atoms with van der Waals surface area (Å²) in [6.07, 6.45) is 0.702. The number of amides is 1. The lowest BCUT2D eigenvalue weighted by molar-refractivity contribution is -0.122. The summed E-state index contributed by atoms with van der Waals surface area (Å²) < 4.78 is 0. The Labute approximate surface area is 186 Å². The Balaban J connectivity index is 1.93. The molecule has 1 amide bonds. The first-order chi connectivity index (χ1) is 14.9. The van der Waals surface area contributed by atoms with Gasteiger partial charge in [0.15, 0.2) is 10.8 Å². The van der Waals surface area contributed by atoms with E-state index in [9.17, 15) is 4.79 Å². The number of thiazole rings is 1. The number of aromatic nitrogens is 1. The zero-order chi connectivity index (χ0) is 22.4. The largest absolute Gasteiger partial charge is 0.382 e. The molecule has 6 nitrogen and oxygen atoms in total. The third kappa shape index (κ3) is 5.56. The molecule has 0 aliphatic rings. The average molecular weight is 432 g/mol. The SMILES string of the molecule is CC(C)CC(C(=O)NCC#N)c1cccc(-c2cccc(-c3csc(C(=N)N)n3)c2)c1. The van der Waals surface area contributed by atoms with Crippen LogP contribution in [0.25, 0.3) is 22.4 Å². The van der Waals surface area contributed by atoms with Crippen molar-refractivity contribution in [1.82, 2.24) is 10.3 Å². The summed E-state index contributed by atoms with van der Waals surface area (Å²) in [4.78, 5) is 17.1. The van der Waals surface area contributed by atoms with Gasteiger partial charge >= 0.3 is 0 Å². The highest BCUT2D eigenvalue weighted by Crippen LogP contribution is 2.31. The van der Waals surface area contributed by atoms with Gasteiger partial charge in [0.25, 0.3) is 0 Å². The molecule has 1 unspecified atom stereocenters. The summed E-state index contributed by atoms with van der Waals surface area (Å²) >= 11 is 1.35. The van der Waals surface area contributed by atoms with Crippen molar-refractivity contribution in [3.63, 3.8) is 0 Å². The highest BCUT2D eigenvalue weighted by Gasteiger charge is 2.22. The van der Waals surface area contributed by atoms with Crippen molar-refractivity contribution >= 4 is 23.1 Å². The Hall–Kier alpha value is -3.50. The van der Waals surface area contributed by atoms with E-state index in [0.717, 1.165) is 27.9 Å². The minimum atomic E-state index is -0.312. The van der Waals surface area contributed by atoms with E-state index in [2.05, 4.69) is 24.1 Å². The Morgan fingerprint density at radius 2 is 1.87 bits per heavy atom. The summed E-state index contributed by atoms with van der Waals surface area (Å²) in [7, 11) is 0. The normalized spacial score (nSPS) is 11.7. The molecular weight excluding hydrogens is 406 g/mol. The predicted molar refractivity (Wildman–Crippen MR) is 125 cm³/mol. The molecule has 0 aliphatic heterocycles. The van der Waals surface area contributed by atoms with Gasteiger partial charge < -0.3 is 11.1 Å². The lowest BCUT2D eigenvalue weighted by Crippen LogP contribution is -2.30. The number of hydrogen-bond acceptors (Lipinski definition) is 5. The van der Waals surface area contributed by atoms with Crippen LogP contribution in [-0.4, -0.2) is 23.3 Å². The van der Waals surface area contributed by atoms with Crippen LogP contribution in [0.15, 0.2) is 53.9 Å².